The van der Waals surface area contributed by atoms with Crippen molar-refractivity contribution in [1.82, 2.24) is 5.01 Å². The first-order valence-electron chi connectivity index (χ1n) is 3.12. The van der Waals surface area contributed by atoms with Crippen LogP contribution < -0.4 is 17.3 Å². The molecule has 6 heteroatoms. The van der Waals surface area contributed by atoms with Crippen LogP contribution in [0.5, 0.6) is 0 Å². The summed E-state index contributed by atoms with van der Waals surface area (Å²) in [7, 11) is 0. The van der Waals surface area contributed by atoms with Crippen molar-refractivity contribution in [2.75, 3.05) is 0 Å². The topological polar surface area (TPSA) is 93.7 Å². The summed E-state index contributed by atoms with van der Waals surface area (Å²) in [5, 5.41) is 1.28. The number of aliphatic imine (C=N–C) groups is 1. The van der Waals surface area contributed by atoms with Crippen molar-refractivity contribution >= 4 is 23.3 Å². The van der Waals surface area contributed by atoms with Gasteiger partial charge in [-0.05, 0) is 26.1 Å². The Morgan fingerprint density at radius 2 is 1.91 bits per heavy atom. The van der Waals surface area contributed by atoms with E-state index in [-0.39, 0.29) is 17.1 Å². The lowest BCUT2D eigenvalue weighted by molar-refractivity contribution is 0.360. The number of hydrogen-bond donors (Lipinski definition) is 3. The molecule has 0 aromatic heterocycles. The van der Waals surface area contributed by atoms with E-state index in [1.54, 1.807) is 0 Å². The molecule has 0 spiro atoms. The molecule has 0 radical (unpaired) electrons. The van der Waals surface area contributed by atoms with Gasteiger partial charge in [0.1, 0.15) is 0 Å². The molecule has 0 rings (SSSR count). The molecular formula is C5H13N5S. The summed E-state index contributed by atoms with van der Waals surface area (Å²) >= 11 is 4.51. The highest BCUT2D eigenvalue weighted by Gasteiger charge is 2.05. The van der Waals surface area contributed by atoms with Crippen LogP contribution in [0, 0.1) is 0 Å². The minimum absolute atomic E-state index is 0.0152. The zero-order valence-corrected chi connectivity index (χ0v) is 7.43. The predicted molar refractivity (Wildman–Crippen MR) is 49.6 cm³/mol. The summed E-state index contributed by atoms with van der Waals surface area (Å²) in [6, 6.07) is 0.0769. The van der Waals surface area contributed by atoms with Crippen molar-refractivity contribution in [2.24, 2.45) is 22.3 Å². The van der Waals surface area contributed by atoms with Crippen molar-refractivity contribution in [1.29, 1.82) is 0 Å². The third-order valence-corrected chi connectivity index (χ3v) is 1.14. The highest BCUT2D eigenvalue weighted by atomic mass is 32.1. The highest BCUT2D eigenvalue weighted by Crippen LogP contribution is 1.88. The number of hydrogen-bond acceptors (Lipinski definition) is 2. The molecule has 6 N–H and O–H groups in total. The molecule has 0 bridgehead atoms. The van der Waals surface area contributed by atoms with Gasteiger partial charge in [-0.3, -0.25) is 5.01 Å². The van der Waals surface area contributed by atoms with E-state index in [2.05, 4.69) is 17.2 Å². The van der Waals surface area contributed by atoms with Gasteiger partial charge in [0, 0.05) is 6.04 Å². The lowest BCUT2D eigenvalue weighted by Crippen LogP contribution is -2.47. The third-order valence-electron chi connectivity index (χ3n) is 1.05. The molecule has 0 aliphatic rings. The van der Waals surface area contributed by atoms with Crippen LogP contribution in [0.1, 0.15) is 13.8 Å². The predicted octanol–water partition coefficient (Wildman–Crippen LogP) is -0.871. The maximum Gasteiger partial charge on any atom is 0.213 e. The van der Waals surface area contributed by atoms with E-state index >= 15 is 0 Å². The quantitative estimate of drug-likeness (QED) is 0.158. The van der Waals surface area contributed by atoms with Crippen molar-refractivity contribution in [3.8, 4) is 0 Å². The number of thiocarbonyl (C=S) groups is 1. The average Bonchev–Trinajstić information content (AvgIpc) is 1.84. The van der Waals surface area contributed by atoms with Gasteiger partial charge in [0.05, 0.1) is 0 Å². The first-order valence-corrected chi connectivity index (χ1v) is 3.53. The second-order valence-corrected chi connectivity index (χ2v) is 2.73. The Morgan fingerprint density at radius 3 is 2.18 bits per heavy atom. The number of nitrogens with two attached hydrogens (primary N) is 3. The van der Waals surface area contributed by atoms with Crippen LogP contribution in [-0.4, -0.2) is 22.1 Å². The molecule has 11 heavy (non-hydrogen) atoms. The average molecular weight is 175 g/mol. The molecule has 0 saturated heterocycles. The van der Waals surface area contributed by atoms with Crippen LogP contribution in [0.3, 0.4) is 0 Å². The monoisotopic (exact) mass is 175 g/mol. The maximum absolute atomic E-state index is 5.47. The normalized spacial score (nSPS) is 11.8. The van der Waals surface area contributed by atoms with E-state index in [4.69, 9.17) is 17.3 Å². The second-order valence-electron chi connectivity index (χ2n) is 2.31. The lowest BCUT2D eigenvalue weighted by atomic mass is 10.4. The first kappa shape index (κ1) is 10.1. The molecule has 0 aromatic carbocycles. The molecule has 0 saturated carbocycles. The summed E-state index contributed by atoms with van der Waals surface area (Å²) in [5.41, 5.74) is 10.5. The second kappa shape index (κ2) is 4.09. The molecule has 0 amide bonds. The Bertz CT molecular complexity index is 176. The van der Waals surface area contributed by atoms with Gasteiger partial charge < -0.3 is 11.5 Å². The molecule has 5 nitrogen and oxygen atoms in total. The Hall–Kier alpha value is -0.880. The molecule has 0 aromatic rings. The van der Waals surface area contributed by atoms with Crippen LogP contribution in [0.25, 0.3) is 0 Å². The molecular weight excluding hydrogens is 162 g/mol. The van der Waals surface area contributed by atoms with Crippen molar-refractivity contribution < 1.29 is 0 Å². The minimum atomic E-state index is -0.0152. The minimum Gasteiger partial charge on any atom is -0.374 e. The van der Waals surface area contributed by atoms with E-state index in [1.165, 1.54) is 5.01 Å². The molecule has 64 valence electrons. The smallest absolute Gasteiger partial charge is 0.213 e. The van der Waals surface area contributed by atoms with E-state index in [1.807, 2.05) is 13.8 Å². The number of rotatable bonds is 1. The zero-order chi connectivity index (χ0) is 9.02. The third kappa shape index (κ3) is 3.74. The van der Waals surface area contributed by atoms with Crippen LogP contribution in [0.15, 0.2) is 4.99 Å². The Morgan fingerprint density at radius 1 is 1.45 bits per heavy atom. The molecule has 0 unspecified atom stereocenters. The molecule has 0 atom stereocenters. The standard InChI is InChI=1S/C5H13N5S/c1-3(2)10(8)4(6)9-5(7)11/h3H,8H2,1-2H3,(H4,6,7,9,11). The Labute approximate surface area is 71.2 Å². The van der Waals surface area contributed by atoms with E-state index in [0.717, 1.165) is 0 Å². The first-order chi connectivity index (χ1) is 4.95. The van der Waals surface area contributed by atoms with E-state index in [0.29, 0.717) is 0 Å². The summed E-state index contributed by atoms with van der Waals surface area (Å²) in [5.74, 6) is 5.60. The summed E-state index contributed by atoms with van der Waals surface area (Å²) in [6.45, 7) is 3.75. The van der Waals surface area contributed by atoms with Crippen LogP contribution in [0.4, 0.5) is 0 Å². The fraction of sp³-hybridized carbons (Fsp3) is 0.600. The van der Waals surface area contributed by atoms with Gasteiger partial charge in [-0.2, -0.15) is 4.99 Å². The van der Waals surface area contributed by atoms with Crippen molar-refractivity contribution in [2.45, 2.75) is 19.9 Å². The summed E-state index contributed by atoms with van der Waals surface area (Å²) in [6.07, 6.45) is 0. The molecule has 0 aliphatic heterocycles. The fourth-order valence-corrected chi connectivity index (χ4v) is 0.529. The van der Waals surface area contributed by atoms with Crippen molar-refractivity contribution in [3.05, 3.63) is 0 Å². The van der Waals surface area contributed by atoms with Gasteiger partial charge in [-0.15, -0.1) is 0 Å². The van der Waals surface area contributed by atoms with Crippen molar-refractivity contribution in [3.63, 3.8) is 0 Å². The van der Waals surface area contributed by atoms with E-state index in [9.17, 15) is 0 Å². The Kier molecular flexibility index (Phi) is 3.77. The number of nitrogens with zero attached hydrogens (tertiary/aromatic N) is 2. The van der Waals surface area contributed by atoms with Gasteiger partial charge >= 0.3 is 0 Å². The van der Waals surface area contributed by atoms with E-state index < -0.39 is 0 Å². The number of hydrazine groups is 1. The van der Waals surface area contributed by atoms with Gasteiger partial charge in [-0.25, -0.2) is 5.84 Å². The van der Waals surface area contributed by atoms with Crippen LogP contribution in [-0.2, 0) is 0 Å². The molecule has 0 aliphatic carbocycles. The van der Waals surface area contributed by atoms with Gasteiger partial charge in [-0.1, -0.05) is 0 Å². The van der Waals surface area contributed by atoms with Gasteiger partial charge in [0.15, 0.2) is 5.11 Å². The highest BCUT2D eigenvalue weighted by molar-refractivity contribution is 7.80. The summed E-state index contributed by atoms with van der Waals surface area (Å²) < 4.78 is 0. The maximum atomic E-state index is 5.47. The fourth-order valence-electron chi connectivity index (χ4n) is 0.435. The number of guanidine groups is 1. The Balaban J connectivity index is 4.23. The SMILES string of the molecule is CC(C)N(N)/C(N)=N/C(N)=S. The molecule has 0 fully saturated rings. The van der Waals surface area contributed by atoms with Gasteiger partial charge in [0.25, 0.3) is 0 Å². The van der Waals surface area contributed by atoms with Gasteiger partial charge in [0.2, 0.25) is 5.96 Å². The molecule has 0 heterocycles. The van der Waals surface area contributed by atoms with Crippen LogP contribution >= 0.6 is 12.2 Å². The largest absolute Gasteiger partial charge is 0.374 e. The van der Waals surface area contributed by atoms with Crippen LogP contribution in [0.2, 0.25) is 0 Å². The lowest BCUT2D eigenvalue weighted by Gasteiger charge is -2.20. The zero-order valence-electron chi connectivity index (χ0n) is 6.61. The summed E-state index contributed by atoms with van der Waals surface area (Å²) in [4.78, 5) is 3.60.